The van der Waals surface area contributed by atoms with Crippen molar-refractivity contribution < 1.29 is 23.8 Å². The van der Waals surface area contributed by atoms with Gasteiger partial charge in [-0.15, -0.1) is 5.10 Å². The number of benzene rings is 1. The van der Waals surface area contributed by atoms with Crippen LogP contribution >= 0.6 is 0 Å². The predicted molar refractivity (Wildman–Crippen MR) is 92.9 cm³/mol. The number of hydrogen-bond donors (Lipinski definition) is 1. The van der Waals surface area contributed by atoms with Crippen molar-refractivity contribution in [3.63, 3.8) is 0 Å². The molecule has 27 heavy (non-hydrogen) atoms. The van der Waals surface area contributed by atoms with Crippen LogP contribution < -0.4 is 0 Å². The minimum absolute atomic E-state index is 0.114. The van der Waals surface area contributed by atoms with Crippen LogP contribution in [0.4, 0.5) is 9.18 Å². The van der Waals surface area contributed by atoms with E-state index in [0.717, 1.165) is 0 Å². The third-order valence-corrected chi connectivity index (χ3v) is 5.03. The summed E-state index contributed by atoms with van der Waals surface area (Å²) in [5, 5.41) is 17.2. The number of carbonyl (C=O) groups excluding carboxylic acids is 1. The molecule has 2 heterocycles. The maximum atomic E-state index is 14.8. The molecular weight excluding hydrogens is 355 g/mol. The van der Waals surface area contributed by atoms with E-state index in [0.29, 0.717) is 36.2 Å². The normalized spacial score (nSPS) is 19.9. The maximum absolute atomic E-state index is 14.8. The Morgan fingerprint density at radius 1 is 1.30 bits per heavy atom. The van der Waals surface area contributed by atoms with Gasteiger partial charge in [-0.3, -0.25) is 4.79 Å². The number of ether oxygens (including phenoxy) is 1. The van der Waals surface area contributed by atoms with Crippen LogP contribution in [0.25, 0.3) is 11.0 Å². The van der Waals surface area contributed by atoms with Crippen molar-refractivity contribution in [2.45, 2.75) is 45.3 Å². The van der Waals surface area contributed by atoms with Gasteiger partial charge < -0.3 is 14.7 Å². The molecular formula is C18H21FN4O4. The second kappa shape index (κ2) is 5.90. The summed E-state index contributed by atoms with van der Waals surface area (Å²) < 4.78 is 21.8. The van der Waals surface area contributed by atoms with Crippen LogP contribution in [0.3, 0.4) is 0 Å². The monoisotopic (exact) mass is 376 g/mol. The summed E-state index contributed by atoms with van der Waals surface area (Å²) in [4.78, 5) is 24.9. The molecule has 0 spiro atoms. The summed E-state index contributed by atoms with van der Waals surface area (Å²) in [5.41, 5.74) is 1.23. The molecule has 4 rings (SSSR count). The third-order valence-electron chi connectivity index (χ3n) is 5.03. The number of carboxylic acids is 1. The van der Waals surface area contributed by atoms with E-state index in [-0.39, 0.29) is 24.1 Å². The van der Waals surface area contributed by atoms with E-state index < -0.39 is 23.3 Å². The van der Waals surface area contributed by atoms with Gasteiger partial charge in [-0.25, -0.2) is 13.9 Å². The Hall–Kier alpha value is -2.71. The van der Waals surface area contributed by atoms with Crippen LogP contribution in [-0.4, -0.2) is 55.8 Å². The first kappa shape index (κ1) is 17.7. The number of halogens is 1. The number of hydrogen-bond acceptors (Lipinski definition) is 5. The van der Waals surface area contributed by atoms with Crippen LogP contribution in [0.1, 0.15) is 37.9 Å². The van der Waals surface area contributed by atoms with Crippen molar-refractivity contribution >= 4 is 23.1 Å². The molecule has 1 fully saturated rings. The fourth-order valence-corrected chi connectivity index (χ4v) is 3.64. The van der Waals surface area contributed by atoms with E-state index in [1.54, 1.807) is 36.4 Å². The predicted octanol–water partition coefficient (Wildman–Crippen LogP) is 2.16. The van der Waals surface area contributed by atoms with E-state index in [9.17, 15) is 19.1 Å². The van der Waals surface area contributed by atoms with E-state index in [1.165, 1.54) is 0 Å². The van der Waals surface area contributed by atoms with E-state index in [2.05, 4.69) is 10.3 Å². The molecule has 1 unspecified atom stereocenters. The Morgan fingerprint density at radius 2 is 2.00 bits per heavy atom. The Morgan fingerprint density at radius 3 is 2.63 bits per heavy atom. The number of rotatable bonds is 2. The zero-order valence-corrected chi connectivity index (χ0v) is 15.4. The molecule has 1 amide bonds. The Balaban J connectivity index is 1.56. The summed E-state index contributed by atoms with van der Waals surface area (Å²) in [6.07, 6.45) is 0.0894. The highest BCUT2D eigenvalue weighted by Crippen LogP contribution is 2.35. The molecule has 0 saturated carbocycles. The second-order valence-electron chi connectivity index (χ2n) is 8.21. The number of carbonyl (C=O) groups is 2. The summed E-state index contributed by atoms with van der Waals surface area (Å²) in [6.45, 7) is 6.23. The first-order valence-electron chi connectivity index (χ1n) is 8.90. The lowest BCUT2D eigenvalue weighted by atomic mass is 10.1. The van der Waals surface area contributed by atoms with E-state index in [1.807, 2.05) is 0 Å². The SMILES string of the molecule is CC(C)(C)OC(=O)N1CC(n2nnc3c(F)c4c(cc32)CC(C(=O)O)C4)C1. The number of aromatic nitrogens is 3. The van der Waals surface area contributed by atoms with Crippen molar-refractivity contribution in [2.75, 3.05) is 13.1 Å². The number of amides is 1. The standard InChI is InChI=1S/C18H21FN4O4/c1-18(2,3)27-17(26)22-7-11(8-22)23-13-6-9-4-10(16(24)25)5-12(9)14(19)15(13)20-21-23/h6,10-11H,4-5,7-8H2,1-3H3,(H,24,25). The van der Waals surface area contributed by atoms with E-state index >= 15 is 0 Å². The molecule has 144 valence electrons. The first-order chi connectivity index (χ1) is 12.6. The molecule has 1 aromatic carbocycles. The van der Waals surface area contributed by atoms with Crippen LogP contribution in [0.2, 0.25) is 0 Å². The molecule has 1 aromatic heterocycles. The van der Waals surface area contributed by atoms with Gasteiger partial charge in [0.05, 0.1) is 17.5 Å². The fourth-order valence-electron chi connectivity index (χ4n) is 3.64. The van der Waals surface area contributed by atoms with Crippen molar-refractivity contribution in [3.05, 3.63) is 23.0 Å². The highest BCUT2D eigenvalue weighted by molar-refractivity contribution is 5.80. The zero-order chi connectivity index (χ0) is 19.5. The van der Waals surface area contributed by atoms with Gasteiger partial charge in [0.1, 0.15) is 11.1 Å². The van der Waals surface area contributed by atoms with Crippen molar-refractivity contribution in [3.8, 4) is 0 Å². The van der Waals surface area contributed by atoms with Gasteiger partial charge in [0.25, 0.3) is 0 Å². The lowest BCUT2D eigenvalue weighted by Gasteiger charge is -2.39. The molecule has 9 heteroatoms. The lowest BCUT2D eigenvalue weighted by Crippen LogP contribution is -2.52. The Kier molecular flexibility index (Phi) is 3.87. The van der Waals surface area contributed by atoms with Crippen LogP contribution in [0.15, 0.2) is 6.07 Å². The Bertz CT molecular complexity index is 943. The smallest absolute Gasteiger partial charge is 0.410 e. The molecule has 1 aliphatic carbocycles. The largest absolute Gasteiger partial charge is 0.481 e. The molecule has 1 N–H and O–H groups in total. The lowest BCUT2D eigenvalue weighted by molar-refractivity contribution is -0.141. The van der Waals surface area contributed by atoms with Crippen LogP contribution in [0, 0.1) is 11.7 Å². The zero-order valence-electron chi connectivity index (χ0n) is 15.4. The van der Waals surface area contributed by atoms with E-state index in [4.69, 9.17) is 4.74 Å². The average molecular weight is 376 g/mol. The number of fused-ring (bicyclic) bond motifs is 2. The van der Waals surface area contributed by atoms with Crippen molar-refractivity contribution in [1.82, 2.24) is 19.9 Å². The van der Waals surface area contributed by atoms with Crippen LogP contribution in [0.5, 0.6) is 0 Å². The summed E-state index contributed by atoms with van der Waals surface area (Å²) in [5.74, 6) is -2.01. The topological polar surface area (TPSA) is 97.5 Å². The fraction of sp³-hybridized carbons (Fsp3) is 0.556. The minimum atomic E-state index is -0.920. The molecule has 2 aliphatic rings. The minimum Gasteiger partial charge on any atom is -0.481 e. The van der Waals surface area contributed by atoms with Crippen molar-refractivity contribution in [2.24, 2.45) is 5.92 Å². The number of aliphatic carboxylic acids is 1. The number of likely N-dealkylation sites (tertiary alicyclic amines) is 1. The molecule has 1 saturated heterocycles. The summed E-state index contributed by atoms with van der Waals surface area (Å²) in [6, 6.07) is 1.67. The quantitative estimate of drug-likeness (QED) is 0.863. The van der Waals surface area contributed by atoms with Crippen LogP contribution in [-0.2, 0) is 22.4 Å². The first-order valence-corrected chi connectivity index (χ1v) is 8.90. The van der Waals surface area contributed by atoms with Gasteiger partial charge in [0.15, 0.2) is 5.82 Å². The van der Waals surface area contributed by atoms with Gasteiger partial charge in [-0.1, -0.05) is 5.21 Å². The molecule has 1 aliphatic heterocycles. The molecule has 2 aromatic rings. The van der Waals surface area contributed by atoms with Gasteiger partial charge >= 0.3 is 12.1 Å². The summed E-state index contributed by atoms with van der Waals surface area (Å²) in [7, 11) is 0. The highest BCUT2D eigenvalue weighted by Gasteiger charge is 2.37. The molecule has 0 bridgehead atoms. The van der Waals surface area contributed by atoms with Gasteiger partial charge in [0, 0.05) is 13.1 Å². The van der Waals surface area contributed by atoms with Gasteiger partial charge in [0.2, 0.25) is 0 Å². The third kappa shape index (κ3) is 3.00. The maximum Gasteiger partial charge on any atom is 0.410 e. The van der Waals surface area contributed by atoms with Gasteiger partial charge in [-0.2, -0.15) is 0 Å². The van der Waals surface area contributed by atoms with Crippen molar-refractivity contribution in [1.29, 1.82) is 0 Å². The molecule has 1 atom stereocenters. The summed E-state index contributed by atoms with van der Waals surface area (Å²) >= 11 is 0. The van der Waals surface area contributed by atoms with Gasteiger partial charge in [-0.05, 0) is 50.8 Å². The second-order valence-corrected chi connectivity index (χ2v) is 8.21. The molecule has 0 radical (unpaired) electrons. The average Bonchev–Trinajstić information content (AvgIpc) is 3.09. The Labute approximate surface area is 154 Å². The highest BCUT2D eigenvalue weighted by atomic mass is 19.1. The molecule has 8 nitrogen and oxygen atoms in total. The number of nitrogens with zero attached hydrogens (tertiary/aromatic N) is 4. The number of carboxylic acid groups (broad SMARTS) is 1.